The summed E-state index contributed by atoms with van der Waals surface area (Å²) in [5.74, 6) is -0.299. The molecule has 0 spiro atoms. The van der Waals surface area contributed by atoms with Crippen LogP contribution in [-0.2, 0) is 4.74 Å². The third kappa shape index (κ3) is 2.59. The van der Waals surface area contributed by atoms with Crippen molar-refractivity contribution in [1.82, 2.24) is 4.98 Å². The minimum absolute atomic E-state index is 0.299. The van der Waals surface area contributed by atoms with Gasteiger partial charge in [0.2, 0.25) is 0 Å². The highest BCUT2D eigenvalue weighted by Gasteiger charge is 2.13. The molecule has 0 N–H and O–H groups in total. The van der Waals surface area contributed by atoms with E-state index in [4.69, 9.17) is 4.74 Å². The van der Waals surface area contributed by atoms with Crippen LogP contribution in [0.15, 0.2) is 24.4 Å². The number of carbonyl (C=O) groups is 1. The van der Waals surface area contributed by atoms with Crippen molar-refractivity contribution in [2.75, 3.05) is 6.61 Å². The number of esters is 1. The Kier molecular flexibility index (Phi) is 3.77. The van der Waals surface area contributed by atoms with Crippen LogP contribution in [-0.4, -0.2) is 17.6 Å². The van der Waals surface area contributed by atoms with Crippen LogP contribution in [0.3, 0.4) is 0 Å². The van der Waals surface area contributed by atoms with Crippen molar-refractivity contribution < 1.29 is 9.53 Å². The Morgan fingerprint density at radius 3 is 2.89 bits per heavy atom. The SMILES string of the molecule is CCOC(=O)c1cnc(-c2cc(C)ccc2C)s1. The average Bonchev–Trinajstić information content (AvgIpc) is 2.82. The average molecular weight is 261 g/mol. The number of carbonyl (C=O) groups excluding carboxylic acids is 1. The van der Waals surface area contributed by atoms with Crippen LogP contribution in [0.25, 0.3) is 10.6 Å². The summed E-state index contributed by atoms with van der Waals surface area (Å²) in [6.07, 6.45) is 1.58. The first kappa shape index (κ1) is 12.8. The van der Waals surface area contributed by atoms with E-state index < -0.39 is 0 Å². The molecule has 0 saturated heterocycles. The topological polar surface area (TPSA) is 39.2 Å². The molecule has 0 aliphatic carbocycles. The van der Waals surface area contributed by atoms with E-state index in [0.717, 1.165) is 16.1 Å². The molecule has 1 heterocycles. The van der Waals surface area contributed by atoms with Gasteiger partial charge in [0, 0.05) is 5.56 Å². The smallest absolute Gasteiger partial charge is 0.349 e. The molecule has 2 rings (SSSR count). The van der Waals surface area contributed by atoms with Crippen LogP contribution >= 0.6 is 11.3 Å². The van der Waals surface area contributed by atoms with E-state index in [-0.39, 0.29) is 5.97 Å². The number of nitrogens with zero attached hydrogens (tertiary/aromatic N) is 1. The van der Waals surface area contributed by atoms with Crippen LogP contribution in [0, 0.1) is 13.8 Å². The minimum Gasteiger partial charge on any atom is -0.462 e. The first-order valence-electron chi connectivity index (χ1n) is 5.82. The molecule has 1 aromatic heterocycles. The van der Waals surface area contributed by atoms with Gasteiger partial charge in [-0.1, -0.05) is 17.7 Å². The molecule has 1 aromatic carbocycles. The van der Waals surface area contributed by atoms with Gasteiger partial charge in [-0.25, -0.2) is 9.78 Å². The third-order valence-corrected chi connectivity index (χ3v) is 3.62. The Labute approximate surface area is 110 Å². The molecule has 94 valence electrons. The monoisotopic (exact) mass is 261 g/mol. The van der Waals surface area contributed by atoms with E-state index >= 15 is 0 Å². The highest BCUT2D eigenvalue weighted by atomic mass is 32.1. The standard InChI is InChI=1S/C14H15NO2S/c1-4-17-14(16)12-8-15-13(18-12)11-7-9(2)5-6-10(11)3/h5-8H,4H2,1-3H3. The second-order valence-corrected chi connectivity index (χ2v) is 5.10. The maximum atomic E-state index is 11.6. The molecule has 0 saturated carbocycles. The Bertz CT molecular complexity index is 575. The fourth-order valence-corrected chi connectivity index (χ4v) is 2.55. The predicted octanol–water partition coefficient (Wildman–Crippen LogP) is 3.60. The number of hydrogen-bond donors (Lipinski definition) is 0. The molecule has 3 nitrogen and oxygen atoms in total. The van der Waals surface area contributed by atoms with Gasteiger partial charge < -0.3 is 4.74 Å². The van der Waals surface area contributed by atoms with Crippen LogP contribution < -0.4 is 0 Å². The first-order valence-corrected chi connectivity index (χ1v) is 6.64. The maximum Gasteiger partial charge on any atom is 0.349 e. The molecule has 0 aliphatic heterocycles. The largest absolute Gasteiger partial charge is 0.462 e. The van der Waals surface area contributed by atoms with E-state index in [0.29, 0.717) is 11.5 Å². The predicted molar refractivity (Wildman–Crippen MR) is 73.0 cm³/mol. The molecule has 0 bridgehead atoms. The van der Waals surface area contributed by atoms with E-state index in [1.807, 2.05) is 13.8 Å². The van der Waals surface area contributed by atoms with Crippen molar-refractivity contribution in [1.29, 1.82) is 0 Å². The van der Waals surface area contributed by atoms with Crippen molar-refractivity contribution in [3.8, 4) is 10.6 Å². The van der Waals surface area contributed by atoms with Gasteiger partial charge in [-0.3, -0.25) is 0 Å². The minimum atomic E-state index is -0.299. The molecule has 18 heavy (non-hydrogen) atoms. The van der Waals surface area contributed by atoms with Gasteiger partial charge >= 0.3 is 5.97 Å². The normalized spacial score (nSPS) is 10.4. The number of thiazole rings is 1. The van der Waals surface area contributed by atoms with Crippen LogP contribution in [0.1, 0.15) is 27.7 Å². The molecule has 0 radical (unpaired) electrons. The van der Waals surface area contributed by atoms with Gasteiger partial charge in [0.1, 0.15) is 9.88 Å². The number of aromatic nitrogens is 1. The summed E-state index contributed by atoms with van der Waals surface area (Å²) in [5.41, 5.74) is 3.42. The lowest BCUT2D eigenvalue weighted by Gasteiger charge is -2.03. The van der Waals surface area contributed by atoms with Gasteiger partial charge in [-0.05, 0) is 32.4 Å². The summed E-state index contributed by atoms with van der Waals surface area (Å²) in [7, 11) is 0. The lowest BCUT2D eigenvalue weighted by Crippen LogP contribution is -2.01. The Hall–Kier alpha value is -1.68. The molecular weight excluding hydrogens is 246 g/mol. The van der Waals surface area contributed by atoms with E-state index in [1.54, 1.807) is 13.1 Å². The van der Waals surface area contributed by atoms with E-state index in [9.17, 15) is 4.79 Å². The quantitative estimate of drug-likeness (QED) is 0.792. The van der Waals surface area contributed by atoms with E-state index in [2.05, 4.69) is 23.2 Å². The molecule has 0 unspecified atom stereocenters. The Morgan fingerprint density at radius 1 is 1.39 bits per heavy atom. The summed E-state index contributed by atoms with van der Waals surface area (Å²) < 4.78 is 4.96. The molecule has 0 amide bonds. The molecule has 0 fully saturated rings. The Morgan fingerprint density at radius 2 is 2.17 bits per heavy atom. The number of aryl methyl sites for hydroxylation is 2. The molecule has 0 atom stereocenters. The number of rotatable bonds is 3. The van der Waals surface area contributed by atoms with Crippen LogP contribution in [0.4, 0.5) is 0 Å². The maximum absolute atomic E-state index is 11.6. The zero-order chi connectivity index (χ0) is 13.1. The lowest BCUT2D eigenvalue weighted by atomic mass is 10.1. The molecule has 4 heteroatoms. The van der Waals surface area contributed by atoms with Gasteiger partial charge in [-0.2, -0.15) is 0 Å². The molecule has 0 aliphatic rings. The van der Waals surface area contributed by atoms with Crippen molar-refractivity contribution >= 4 is 17.3 Å². The van der Waals surface area contributed by atoms with Crippen molar-refractivity contribution in [2.24, 2.45) is 0 Å². The second kappa shape index (κ2) is 5.31. The summed E-state index contributed by atoms with van der Waals surface area (Å²) >= 11 is 1.37. The second-order valence-electron chi connectivity index (χ2n) is 4.07. The molecule has 2 aromatic rings. The zero-order valence-corrected chi connectivity index (χ0v) is 11.5. The van der Waals surface area contributed by atoms with E-state index in [1.165, 1.54) is 16.9 Å². The zero-order valence-electron chi connectivity index (χ0n) is 10.7. The number of hydrogen-bond acceptors (Lipinski definition) is 4. The summed E-state index contributed by atoms with van der Waals surface area (Å²) in [5, 5.41) is 0.860. The lowest BCUT2D eigenvalue weighted by molar-refractivity contribution is 0.0532. The van der Waals surface area contributed by atoms with Crippen molar-refractivity contribution in [3.63, 3.8) is 0 Å². The van der Waals surface area contributed by atoms with Gasteiger partial charge in [0.15, 0.2) is 0 Å². The van der Waals surface area contributed by atoms with Gasteiger partial charge in [-0.15, -0.1) is 11.3 Å². The number of ether oxygens (including phenoxy) is 1. The summed E-state index contributed by atoms with van der Waals surface area (Å²) in [6.45, 7) is 6.27. The fraction of sp³-hybridized carbons (Fsp3) is 0.286. The third-order valence-electron chi connectivity index (χ3n) is 2.61. The Balaban J connectivity index is 2.35. The van der Waals surface area contributed by atoms with Crippen LogP contribution in [0.5, 0.6) is 0 Å². The summed E-state index contributed by atoms with van der Waals surface area (Å²) in [4.78, 5) is 16.4. The first-order chi connectivity index (χ1) is 8.61. The van der Waals surface area contributed by atoms with Crippen LogP contribution in [0.2, 0.25) is 0 Å². The highest BCUT2D eigenvalue weighted by Crippen LogP contribution is 2.29. The van der Waals surface area contributed by atoms with Gasteiger partial charge in [0.05, 0.1) is 12.8 Å². The van der Waals surface area contributed by atoms with Crippen molar-refractivity contribution in [3.05, 3.63) is 40.4 Å². The molecular formula is C14H15NO2S. The summed E-state index contributed by atoms with van der Waals surface area (Å²) in [6, 6.07) is 6.22. The van der Waals surface area contributed by atoms with Gasteiger partial charge in [0.25, 0.3) is 0 Å². The number of benzene rings is 1. The highest BCUT2D eigenvalue weighted by molar-refractivity contribution is 7.16. The fourth-order valence-electron chi connectivity index (χ4n) is 1.66. The van der Waals surface area contributed by atoms with Crippen molar-refractivity contribution in [2.45, 2.75) is 20.8 Å².